The summed E-state index contributed by atoms with van der Waals surface area (Å²) in [5.41, 5.74) is 1.24. The van der Waals surface area contributed by atoms with E-state index in [0.717, 1.165) is 62.9 Å². The van der Waals surface area contributed by atoms with Crippen LogP contribution in [0.3, 0.4) is 0 Å². The molecular formula is C21H30N2O2S. The van der Waals surface area contributed by atoms with Gasteiger partial charge in [0.2, 0.25) is 5.91 Å². The Bertz CT molecular complexity index is 655. The first-order chi connectivity index (χ1) is 12.7. The lowest BCUT2D eigenvalue weighted by Gasteiger charge is -2.23. The largest absolute Gasteiger partial charge is 0.353 e. The lowest BCUT2D eigenvalue weighted by molar-refractivity contribution is -0.126. The van der Waals surface area contributed by atoms with Crippen molar-refractivity contribution in [1.82, 2.24) is 10.2 Å². The van der Waals surface area contributed by atoms with Gasteiger partial charge in [0.15, 0.2) is 0 Å². The minimum atomic E-state index is 0.0823. The number of rotatable bonds is 3. The Morgan fingerprint density at radius 1 is 1.00 bits per heavy atom. The lowest BCUT2D eigenvalue weighted by Crippen LogP contribution is -2.39. The van der Waals surface area contributed by atoms with E-state index in [4.69, 9.17) is 0 Å². The highest BCUT2D eigenvalue weighted by Gasteiger charge is 2.30. The molecule has 2 heterocycles. The second kappa shape index (κ2) is 8.12. The molecule has 2 fully saturated rings. The number of aryl methyl sites for hydroxylation is 1. The van der Waals surface area contributed by atoms with Crippen LogP contribution < -0.4 is 5.32 Å². The smallest absolute Gasteiger partial charge is 0.263 e. The normalized spacial score (nSPS) is 24.2. The summed E-state index contributed by atoms with van der Waals surface area (Å²) in [5, 5.41) is 3.26. The van der Waals surface area contributed by atoms with Crippen LogP contribution in [-0.2, 0) is 17.6 Å². The summed E-state index contributed by atoms with van der Waals surface area (Å²) >= 11 is 1.67. The summed E-state index contributed by atoms with van der Waals surface area (Å²) < 4.78 is 0. The van der Waals surface area contributed by atoms with E-state index in [9.17, 15) is 9.59 Å². The van der Waals surface area contributed by atoms with E-state index in [1.165, 1.54) is 36.1 Å². The Hall–Kier alpha value is -1.36. The first-order valence-corrected chi connectivity index (χ1v) is 11.2. The number of thiophene rings is 1. The van der Waals surface area contributed by atoms with Gasteiger partial charge in [-0.15, -0.1) is 11.3 Å². The maximum absolute atomic E-state index is 12.9. The van der Waals surface area contributed by atoms with E-state index in [2.05, 4.69) is 11.4 Å². The van der Waals surface area contributed by atoms with Gasteiger partial charge in [0.05, 0.1) is 4.88 Å². The van der Waals surface area contributed by atoms with Gasteiger partial charge in [0.25, 0.3) is 5.91 Å². The zero-order valence-electron chi connectivity index (χ0n) is 15.6. The number of hydrogen-bond donors (Lipinski definition) is 1. The van der Waals surface area contributed by atoms with E-state index >= 15 is 0 Å². The fourth-order valence-corrected chi connectivity index (χ4v) is 5.85. The molecule has 0 aromatic carbocycles. The number of carbonyl (C=O) groups excluding carboxylic acids is 2. The van der Waals surface area contributed by atoms with Gasteiger partial charge in [-0.2, -0.15) is 0 Å². The predicted octanol–water partition coefficient (Wildman–Crippen LogP) is 3.93. The van der Waals surface area contributed by atoms with Crippen molar-refractivity contribution in [3.8, 4) is 0 Å². The van der Waals surface area contributed by atoms with Gasteiger partial charge in [0, 0.05) is 29.9 Å². The van der Waals surface area contributed by atoms with Crippen molar-refractivity contribution in [1.29, 1.82) is 0 Å². The third-order valence-electron chi connectivity index (χ3n) is 6.26. The summed E-state index contributed by atoms with van der Waals surface area (Å²) in [6, 6.07) is 2.48. The van der Waals surface area contributed by atoms with Crippen molar-refractivity contribution in [2.45, 2.75) is 76.7 Å². The highest BCUT2D eigenvalue weighted by atomic mass is 32.1. The molecule has 3 aliphatic rings. The van der Waals surface area contributed by atoms with Crippen LogP contribution in [0.25, 0.3) is 0 Å². The Kier molecular flexibility index (Phi) is 5.63. The van der Waals surface area contributed by atoms with Crippen LogP contribution in [0.1, 0.15) is 77.9 Å². The van der Waals surface area contributed by atoms with Gasteiger partial charge in [-0.3, -0.25) is 9.59 Å². The third-order valence-corrected chi connectivity index (χ3v) is 7.48. The van der Waals surface area contributed by atoms with Crippen LogP contribution in [0.4, 0.5) is 0 Å². The SMILES string of the molecule is O=C(NC1CCCC1)[C@@H]1CCc2sc(C(=O)N3CCCCCC3)cc2C1. The summed E-state index contributed by atoms with van der Waals surface area (Å²) in [5.74, 6) is 0.520. The van der Waals surface area contributed by atoms with Crippen molar-refractivity contribution in [3.63, 3.8) is 0 Å². The van der Waals surface area contributed by atoms with Gasteiger partial charge in [0.1, 0.15) is 0 Å². The Morgan fingerprint density at radius 2 is 1.73 bits per heavy atom. The monoisotopic (exact) mass is 374 g/mol. The van der Waals surface area contributed by atoms with Gasteiger partial charge < -0.3 is 10.2 Å². The van der Waals surface area contributed by atoms with E-state index < -0.39 is 0 Å². The fraction of sp³-hybridized carbons (Fsp3) is 0.714. The van der Waals surface area contributed by atoms with E-state index in [1.807, 2.05) is 4.90 Å². The van der Waals surface area contributed by atoms with Crippen molar-refractivity contribution in [2.24, 2.45) is 5.92 Å². The molecule has 0 radical (unpaired) electrons. The molecule has 4 nitrogen and oxygen atoms in total. The molecule has 2 aliphatic carbocycles. The van der Waals surface area contributed by atoms with Crippen molar-refractivity contribution >= 4 is 23.2 Å². The number of carbonyl (C=O) groups is 2. The minimum absolute atomic E-state index is 0.0823. The van der Waals surface area contributed by atoms with Crippen LogP contribution in [0.15, 0.2) is 6.07 Å². The lowest BCUT2D eigenvalue weighted by atomic mass is 9.87. The Balaban J connectivity index is 1.40. The Morgan fingerprint density at radius 3 is 2.46 bits per heavy atom. The number of likely N-dealkylation sites (tertiary alicyclic amines) is 1. The van der Waals surface area contributed by atoms with Gasteiger partial charge in [-0.1, -0.05) is 25.7 Å². The number of hydrogen-bond acceptors (Lipinski definition) is 3. The molecule has 1 aromatic rings. The van der Waals surface area contributed by atoms with Crippen LogP contribution >= 0.6 is 11.3 Å². The molecular weight excluding hydrogens is 344 g/mol. The van der Waals surface area contributed by atoms with Crippen LogP contribution in [0.5, 0.6) is 0 Å². The summed E-state index contributed by atoms with van der Waals surface area (Å²) in [6.07, 6.45) is 12.1. The van der Waals surface area contributed by atoms with Crippen LogP contribution in [0, 0.1) is 5.92 Å². The first-order valence-electron chi connectivity index (χ1n) is 10.4. The molecule has 1 saturated heterocycles. The molecule has 26 heavy (non-hydrogen) atoms. The first kappa shape index (κ1) is 18.0. The van der Waals surface area contributed by atoms with Gasteiger partial charge >= 0.3 is 0 Å². The molecule has 0 bridgehead atoms. The molecule has 1 N–H and O–H groups in total. The molecule has 2 amide bonds. The van der Waals surface area contributed by atoms with E-state index in [0.29, 0.717) is 6.04 Å². The predicted molar refractivity (Wildman–Crippen MR) is 105 cm³/mol. The van der Waals surface area contributed by atoms with Crippen molar-refractivity contribution in [3.05, 3.63) is 21.4 Å². The van der Waals surface area contributed by atoms with Gasteiger partial charge in [-0.25, -0.2) is 0 Å². The average molecular weight is 375 g/mol. The summed E-state index contributed by atoms with van der Waals surface area (Å²) in [4.78, 5) is 29.7. The van der Waals surface area contributed by atoms with E-state index in [1.54, 1.807) is 11.3 Å². The number of nitrogens with one attached hydrogen (secondary N) is 1. The number of fused-ring (bicyclic) bond motifs is 1. The molecule has 1 atom stereocenters. The Labute approximate surface area is 160 Å². The zero-order chi connectivity index (χ0) is 17.9. The third kappa shape index (κ3) is 3.98. The average Bonchev–Trinajstić information content (AvgIpc) is 3.23. The van der Waals surface area contributed by atoms with E-state index in [-0.39, 0.29) is 17.7 Å². The molecule has 0 spiro atoms. The summed E-state index contributed by atoms with van der Waals surface area (Å²) in [7, 11) is 0. The quantitative estimate of drug-likeness (QED) is 0.871. The molecule has 1 aliphatic heterocycles. The highest BCUT2D eigenvalue weighted by molar-refractivity contribution is 7.14. The number of nitrogens with zero attached hydrogens (tertiary/aromatic N) is 1. The minimum Gasteiger partial charge on any atom is -0.353 e. The molecule has 1 aromatic heterocycles. The van der Waals surface area contributed by atoms with Crippen LogP contribution in [-0.4, -0.2) is 35.8 Å². The standard InChI is InChI=1S/C21H30N2O2S/c24-20(22-17-7-3-4-8-17)15-9-10-18-16(13-15)14-19(26-18)21(25)23-11-5-1-2-6-12-23/h14-15,17H,1-13H2,(H,22,24)/t15-/m1/s1. The second-order valence-electron chi connectivity index (χ2n) is 8.20. The summed E-state index contributed by atoms with van der Waals surface area (Å²) in [6.45, 7) is 1.79. The second-order valence-corrected chi connectivity index (χ2v) is 9.33. The molecule has 0 unspecified atom stereocenters. The molecule has 142 valence electrons. The fourth-order valence-electron chi connectivity index (χ4n) is 4.67. The van der Waals surface area contributed by atoms with Gasteiger partial charge in [-0.05, 0) is 56.6 Å². The highest BCUT2D eigenvalue weighted by Crippen LogP contribution is 2.33. The topological polar surface area (TPSA) is 49.4 Å². The maximum atomic E-state index is 12.9. The maximum Gasteiger partial charge on any atom is 0.263 e. The molecule has 1 saturated carbocycles. The molecule has 5 heteroatoms. The van der Waals surface area contributed by atoms with Crippen molar-refractivity contribution < 1.29 is 9.59 Å². The van der Waals surface area contributed by atoms with Crippen molar-refractivity contribution in [2.75, 3.05) is 13.1 Å². The van der Waals surface area contributed by atoms with Crippen LogP contribution in [0.2, 0.25) is 0 Å². The molecule has 4 rings (SSSR count). The zero-order valence-corrected chi connectivity index (χ0v) is 16.4. The number of amides is 2.